The van der Waals surface area contributed by atoms with Gasteiger partial charge in [-0.05, 0) is 54.7 Å². The van der Waals surface area contributed by atoms with Gasteiger partial charge in [0, 0.05) is 11.8 Å². The van der Waals surface area contributed by atoms with Crippen LogP contribution in [0.2, 0.25) is 0 Å². The van der Waals surface area contributed by atoms with Crippen molar-refractivity contribution in [2.75, 3.05) is 19.5 Å². The maximum absolute atomic E-state index is 12.5. The smallest absolute Gasteiger partial charge is 0.331 e. The molecule has 2 rings (SSSR count). The number of anilines is 1. The van der Waals surface area contributed by atoms with Crippen LogP contribution >= 0.6 is 0 Å². The number of carbonyl (C=O) groups is 2. The Bertz CT molecular complexity index is 906. The van der Waals surface area contributed by atoms with Gasteiger partial charge in [-0.25, -0.2) is 4.79 Å². The van der Waals surface area contributed by atoms with Crippen molar-refractivity contribution in [3.63, 3.8) is 0 Å². The van der Waals surface area contributed by atoms with Crippen molar-refractivity contribution in [2.24, 2.45) is 0 Å². The fourth-order valence-corrected chi connectivity index (χ4v) is 2.88. The van der Waals surface area contributed by atoms with Crippen molar-refractivity contribution in [2.45, 2.75) is 39.2 Å². The minimum absolute atomic E-state index is 0.309. The first kappa shape index (κ1) is 23.0. The molecule has 0 bridgehead atoms. The molecule has 160 valence electrons. The van der Waals surface area contributed by atoms with Gasteiger partial charge in [0.2, 0.25) is 0 Å². The second-order valence-electron chi connectivity index (χ2n) is 6.91. The largest absolute Gasteiger partial charge is 0.493 e. The fraction of sp³-hybridized carbons (Fsp3) is 0.333. The van der Waals surface area contributed by atoms with Crippen molar-refractivity contribution < 1.29 is 23.8 Å². The SMILES string of the molecule is CC[C@@H](C)c1ccccc1NC(=O)[C@@H](C)OC(=O)/C=C/c1ccc(OC)c(OC)c1. The van der Waals surface area contributed by atoms with Crippen LogP contribution in [0, 0.1) is 0 Å². The van der Waals surface area contributed by atoms with E-state index in [4.69, 9.17) is 14.2 Å². The van der Waals surface area contributed by atoms with Gasteiger partial charge in [0.15, 0.2) is 17.6 Å². The number of ether oxygens (including phenoxy) is 3. The molecule has 2 aromatic rings. The summed E-state index contributed by atoms with van der Waals surface area (Å²) in [7, 11) is 3.10. The zero-order chi connectivity index (χ0) is 22.1. The molecule has 2 aromatic carbocycles. The highest BCUT2D eigenvalue weighted by Gasteiger charge is 2.19. The molecular formula is C24H29NO5. The summed E-state index contributed by atoms with van der Waals surface area (Å²) in [5.74, 6) is 0.478. The molecule has 0 saturated heterocycles. The normalized spacial score (nSPS) is 12.8. The maximum Gasteiger partial charge on any atom is 0.331 e. The van der Waals surface area contributed by atoms with E-state index in [0.29, 0.717) is 17.4 Å². The minimum Gasteiger partial charge on any atom is -0.493 e. The van der Waals surface area contributed by atoms with Crippen LogP contribution in [0.25, 0.3) is 6.08 Å². The molecule has 2 atom stereocenters. The molecule has 0 unspecified atom stereocenters. The van der Waals surface area contributed by atoms with Crippen molar-refractivity contribution in [1.82, 2.24) is 0 Å². The average molecular weight is 411 g/mol. The maximum atomic E-state index is 12.5. The average Bonchev–Trinajstić information content (AvgIpc) is 2.77. The topological polar surface area (TPSA) is 73.9 Å². The number of hydrogen-bond acceptors (Lipinski definition) is 5. The second-order valence-corrected chi connectivity index (χ2v) is 6.91. The quantitative estimate of drug-likeness (QED) is 0.474. The van der Waals surface area contributed by atoms with Gasteiger partial charge in [-0.2, -0.15) is 0 Å². The van der Waals surface area contributed by atoms with Crippen LogP contribution in [0.5, 0.6) is 11.5 Å². The van der Waals surface area contributed by atoms with Crippen LogP contribution in [0.15, 0.2) is 48.5 Å². The Kier molecular flexibility index (Phi) is 8.47. The molecule has 0 spiro atoms. The third-order valence-electron chi connectivity index (χ3n) is 4.84. The Morgan fingerprint density at radius 2 is 1.73 bits per heavy atom. The first-order chi connectivity index (χ1) is 14.4. The number of methoxy groups -OCH3 is 2. The van der Waals surface area contributed by atoms with Gasteiger partial charge in [0.05, 0.1) is 14.2 Å². The van der Waals surface area contributed by atoms with Crippen LogP contribution in [-0.4, -0.2) is 32.2 Å². The molecular weight excluding hydrogens is 382 g/mol. The van der Waals surface area contributed by atoms with E-state index >= 15 is 0 Å². The van der Waals surface area contributed by atoms with Gasteiger partial charge in [-0.15, -0.1) is 0 Å². The van der Waals surface area contributed by atoms with Gasteiger partial charge < -0.3 is 19.5 Å². The number of nitrogens with one attached hydrogen (secondary N) is 1. The van der Waals surface area contributed by atoms with Crippen LogP contribution in [0.1, 0.15) is 44.2 Å². The second kappa shape index (κ2) is 11.0. The molecule has 0 saturated carbocycles. The summed E-state index contributed by atoms with van der Waals surface area (Å²) in [4.78, 5) is 24.6. The first-order valence-corrected chi connectivity index (χ1v) is 9.90. The number of rotatable bonds is 9. The summed E-state index contributed by atoms with van der Waals surface area (Å²) in [6.07, 6.45) is 2.89. The number of para-hydroxylation sites is 1. The predicted molar refractivity (Wildman–Crippen MR) is 118 cm³/mol. The van der Waals surface area contributed by atoms with Crippen molar-refractivity contribution in [3.8, 4) is 11.5 Å². The zero-order valence-electron chi connectivity index (χ0n) is 18.1. The van der Waals surface area contributed by atoms with Gasteiger partial charge in [-0.3, -0.25) is 4.79 Å². The molecule has 1 amide bonds. The minimum atomic E-state index is -0.933. The van der Waals surface area contributed by atoms with Crippen LogP contribution in [-0.2, 0) is 14.3 Å². The Hall–Kier alpha value is -3.28. The van der Waals surface area contributed by atoms with Gasteiger partial charge in [-0.1, -0.05) is 38.1 Å². The van der Waals surface area contributed by atoms with Crippen LogP contribution in [0.4, 0.5) is 5.69 Å². The van der Waals surface area contributed by atoms with E-state index in [0.717, 1.165) is 23.2 Å². The number of esters is 1. The highest BCUT2D eigenvalue weighted by atomic mass is 16.5. The van der Waals surface area contributed by atoms with E-state index in [-0.39, 0.29) is 5.91 Å². The molecule has 6 heteroatoms. The lowest BCUT2D eigenvalue weighted by Crippen LogP contribution is -2.29. The highest BCUT2D eigenvalue weighted by Crippen LogP contribution is 2.28. The lowest BCUT2D eigenvalue weighted by molar-refractivity contribution is -0.148. The van der Waals surface area contributed by atoms with Crippen molar-refractivity contribution in [1.29, 1.82) is 0 Å². The summed E-state index contributed by atoms with van der Waals surface area (Å²) in [5, 5.41) is 2.86. The Labute approximate surface area is 177 Å². The van der Waals surface area contributed by atoms with E-state index in [2.05, 4.69) is 19.2 Å². The standard InChI is InChI=1S/C24H29NO5/c1-6-16(2)19-9-7-8-10-20(19)25-24(27)17(3)30-23(26)14-12-18-11-13-21(28-4)22(15-18)29-5/h7-17H,6H2,1-5H3,(H,25,27)/b14-12+/t16-,17-/m1/s1. The summed E-state index contributed by atoms with van der Waals surface area (Å²) in [6, 6.07) is 12.9. The lowest BCUT2D eigenvalue weighted by atomic mass is 9.97. The highest BCUT2D eigenvalue weighted by molar-refractivity contribution is 5.97. The summed E-state index contributed by atoms with van der Waals surface area (Å²) in [5.41, 5.74) is 2.53. The zero-order valence-corrected chi connectivity index (χ0v) is 18.1. The van der Waals surface area contributed by atoms with Crippen LogP contribution < -0.4 is 14.8 Å². The summed E-state index contributed by atoms with van der Waals surface area (Å²) >= 11 is 0. The number of benzene rings is 2. The number of amides is 1. The number of hydrogen-bond donors (Lipinski definition) is 1. The van der Waals surface area contributed by atoms with E-state index in [1.165, 1.54) is 6.08 Å². The molecule has 0 aliphatic carbocycles. The van der Waals surface area contributed by atoms with E-state index in [1.807, 2.05) is 24.3 Å². The van der Waals surface area contributed by atoms with Gasteiger partial charge in [0.1, 0.15) is 0 Å². The molecule has 0 aliphatic heterocycles. The molecule has 0 fully saturated rings. The third kappa shape index (κ3) is 6.11. The predicted octanol–water partition coefficient (Wildman–Crippen LogP) is 4.80. The third-order valence-corrected chi connectivity index (χ3v) is 4.84. The molecule has 1 N–H and O–H groups in total. The van der Waals surface area contributed by atoms with Gasteiger partial charge in [0.25, 0.3) is 5.91 Å². The van der Waals surface area contributed by atoms with Crippen LogP contribution in [0.3, 0.4) is 0 Å². The van der Waals surface area contributed by atoms with Gasteiger partial charge >= 0.3 is 5.97 Å². The van der Waals surface area contributed by atoms with E-state index in [9.17, 15) is 9.59 Å². The molecule has 30 heavy (non-hydrogen) atoms. The van der Waals surface area contributed by atoms with E-state index < -0.39 is 12.1 Å². The van der Waals surface area contributed by atoms with E-state index in [1.54, 1.807) is 45.4 Å². The molecule has 6 nitrogen and oxygen atoms in total. The Balaban J connectivity index is 1.99. The molecule has 0 aromatic heterocycles. The fourth-order valence-electron chi connectivity index (χ4n) is 2.88. The monoisotopic (exact) mass is 411 g/mol. The molecule has 0 radical (unpaired) electrons. The Morgan fingerprint density at radius 3 is 2.40 bits per heavy atom. The number of carbonyl (C=O) groups excluding carboxylic acids is 2. The molecule has 0 heterocycles. The van der Waals surface area contributed by atoms with Crippen molar-refractivity contribution >= 4 is 23.6 Å². The molecule has 0 aliphatic rings. The van der Waals surface area contributed by atoms with Crippen molar-refractivity contribution in [3.05, 3.63) is 59.7 Å². The lowest BCUT2D eigenvalue weighted by Gasteiger charge is -2.17. The summed E-state index contributed by atoms with van der Waals surface area (Å²) < 4.78 is 15.7. The Morgan fingerprint density at radius 1 is 1.03 bits per heavy atom. The summed E-state index contributed by atoms with van der Waals surface area (Å²) in [6.45, 7) is 5.75. The first-order valence-electron chi connectivity index (χ1n) is 9.90.